The molecule has 0 fully saturated rings. The molecule has 0 radical (unpaired) electrons. The highest BCUT2D eigenvalue weighted by molar-refractivity contribution is 7.07. The van der Waals surface area contributed by atoms with E-state index >= 15 is 0 Å². The maximum atomic E-state index is 11.6. The van der Waals surface area contributed by atoms with Crippen LogP contribution in [0.3, 0.4) is 0 Å². The van der Waals surface area contributed by atoms with Crippen LogP contribution >= 0.6 is 11.3 Å². The van der Waals surface area contributed by atoms with Crippen LogP contribution in [0.2, 0.25) is 0 Å². The van der Waals surface area contributed by atoms with Gasteiger partial charge in [-0.15, -0.1) is 0 Å². The van der Waals surface area contributed by atoms with Crippen LogP contribution < -0.4 is 5.32 Å². The number of nitrogens with zero attached hydrogens (tertiary/aromatic N) is 1. The molecule has 0 aliphatic rings. The first-order chi connectivity index (χ1) is 9.08. The quantitative estimate of drug-likeness (QED) is 0.641. The Labute approximate surface area is 111 Å². The number of rotatable bonds is 5. The van der Waals surface area contributed by atoms with Crippen LogP contribution in [-0.2, 0) is 0 Å². The number of nitro groups is 1. The average molecular weight is 282 g/mol. The van der Waals surface area contributed by atoms with Gasteiger partial charge >= 0.3 is 5.88 Å². The number of aliphatic hydroxyl groups is 1. The van der Waals surface area contributed by atoms with Gasteiger partial charge < -0.3 is 14.8 Å². The molecule has 0 aliphatic carbocycles. The molecule has 2 heterocycles. The monoisotopic (exact) mass is 282 g/mol. The van der Waals surface area contributed by atoms with E-state index in [2.05, 4.69) is 5.32 Å². The Kier molecular flexibility index (Phi) is 3.93. The van der Waals surface area contributed by atoms with Gasteiger partial charge in [-0.2, -0.15) is 11.3 Å². The van der Waals surface area contributed by atoms with E-state index < -0.39 is 22.8 Å². The zero-order valence-corrected chi connectivity index (χ0v) is 10.4. The normalized spacial score (nSPS) is 12.1. The van der Waals surface area contributed by atoms with Crippen molar-refractivity contribution in [3.8, 4) is 0 Å². The second kappa shape index (κ2) is 5.63. The molecule has 1 atom stereocenters. The summed E-state index contributed by atoms with van der Waals surface area (Å²) in [4.78, 5) is 21.3. The maximum Gasteiger partial charge on any atom is 0.433 e. The highest BCUT2D eigenvalue weighted by Gasteiger charge is 2.18. The van der Waals surface area contributed by atoms with Crippen LogP contribution in [0.15, 0.2) is 33.4 Å². The van der Waals surface area contributed by atoms with Crippen molar-refractivity contribution in [3.05, 3.63) is 50.4 Å². The fourth-order valence-corrected chi connectivity index (χ4v) is 2.11. The topological polar surface area (TPSA) is 106 Å². The first-order valence-corrected chi connectivity index (χ1v) is 6.25. The second-order valence-corrected chi connectivity index (χ2v) is 4.46. The van der Waals surface area contributed by atoms with E-state index in [-0.39, 0.29) is 12.3 Å². The lowest BCUT2D eigenvalue weighted by Crippen LogP contribution is -2.27. The summed E-state index contributed by atoms with van der Waals surface area (Å²) in [5.74, 6) is -1.27. The summed E-state index contributed by atoms with van der Waals surface area (Å²) in [7, 11) is 0. The lowest BCUT2D eigenvalue weighted by molar-refractivity contribution is -0.402. The number of amides is 1. The molecule has 0 aliphatic heterocycles. The second-order valence-electron chi connectivity index (χ2n) is 3.68. The predicted molar refractivity (Wildman–Crippen MR) is 67.0 cm³/mol. The Balaban J connectivity index is 1.92. The summed E-state index contributed by atoms with van der Waals surface area (Å²) in [6.45, 7) is 0.00403. The third-order valence-electron chi connectivity index (χ3n) is 2.38. The van der Waals surface area contributed by atoms with Crippen molar-refractivity contribution >= 4 is 23.1 Å². The molecule has 2 aromatic rings. The standard InChI is InChI=1S/C11H10N2O5S/c14-8(7-3-4-19-6-7)5-12-11(15)9-1-2-10(18-9)13(16)17/h1-4,6,8,14H,5H2,(H,12,15)/t8-/m1/s1. The molecular weight excluding hydrogens is 272 g/mol. The fraction of sp³-hybridized carbons (Fsp3) is 0.182. The van der Waals surface area contributed by atoms with Crippen molar-refractivity contribution < 1.29 is 19.2 Å². The van der Waals surface area contributed by atoms with Gasteiger partial charge in [0.05, 0.1) is 12.2 Å². The number of hydrogen-bond donors (Lipinski definition) is 2. The van der Waals surface area contributed by atoms with E-state index in [1.807, 2.05) is 5.38 Å². The molecule has 0 bridgehead atoms. The number of carbonyl (C=O) groups excluding carboxylic acids is 1. The van der Waals surface area contributed by atoms with Crippen LogP contribution in [0.1, 0.15) is 22.2 Å². The third kappa shape index (κ3) is 3.18. The minimum atomic E-state index is -0.819. The van der Waals surface area contributed by atoms with Gasteiger partial charge in [0.15, 0.2) is 5.76 Å². The minimum absolute atomic E-state index is 0.00403. The Morgan fingerprint density at radius 1 is 1.53 bits per heavy atom. The third-order valence-corrected chi connectivity index (χ3v) is 3.08. The number of nitrogens with one attached hydrogen (secondary N) is 1. The molecule has 0 unspecified atom stereocenters. The molecule has 100 valence electrons. The molecule has 0 saturated carbocycles. The van der Waals surface area contributed by atoms with Crippen molar-refractivity contribution in [2.45, 2.75) is 6.10 Å². The maximum absolute atomic E-state index is 11.6. The van der Waals surface area contributed by atoms with Crippen LogP contribution in [0, 0.1) is 10.1 Å². The molecule has 7 nitrogen and oxygen atoms in total. The summed E-state index contributed by atoms with van der Waals surface area (Å²) in [6, 6.07) is 4.06. The Morgan fingerprint density at radius 3 is 2.89 bits per heavy atom. The summed E-state index contributed by atoms with van der Waals surface area (Å²) in [5, 5.41) is 26.2. The minimum Gasteiger partial charge on any atom is -0.395 e. The van der Waals surface area contributed by atoms with Crippen molar-refractivity contribution in [3.63, 3.8) is 0 Å². The van der Waals surface area contributed by atoms with Gasteiger partial charge in [-0.25, -0.2) is 0 Å². The van der Waals surface area contributed by atoms with Crippen molar-refractivity contribution in [2.75, 3.05) is 6.54 Å². The first-order valence-electron chi connectivity index (χ1n) is 5.30. The molecule has 19 heavy (non-hydrogen) atoms. The lowest BCUT2D eigenvalue weighted by Gasteiger charge is -2.09. The molecule has 0 saturated heterocycles. The summed E-state index contributed by atoms with van der Waals surface area (Å²) in [6.07, 6.45) is -0.819. The molecule has 0 spiro atoms. The zero-order valence-electron chi connectivity index (χ0n) is 9.61. The smallest absolute Gasteiger partial charge is 0.395 e. The Morgan fingerprint density at radius 2 is 2.32 bits per heavy atom. The molecular formula is C11H10N2O5S. The molecule has 2 aromatic heterocycles. The van der Waals surface area contributed by atoms with Gasteiger partial charge in [-0.1, -0.05) is 0 Å². The van der Waals surface area contributed by atoms with Crippen LogP contribution in [-0.4, -0.2) is 22.5 Å². The zero-order chi connectivity index (χ0) is 13.8. The number of hydrogen-bond acceptors (Lipinski definition) is 6. The van der Waals surface area contributed by atoms with Gasteiger partial charge in [-0.3, -0.25) is 14.9 Å². The fourth-order valence-electron chi connectivity index (χ4n) is 1.41. The highest BCUT2D eigenvalue weighted by atomic mass is 32.1. The first kappa shape index (κ1) is 13.2. The number of aliphatic hydroxyl groups excluding tert-OH is 1. The largest absolute Gasteiger partial charge is 0.433 e. The van der Waals surface area contributed by atoms with E-state index in [0.29, 0.717) is 5.56 Å². The van der Waals surface area contributed by atoms with E-state index in [4.69, 9.17) is 4.42 Å². The number of thiophene rings is 1. The van der Waals surface area contributed by atoms with Crippen LogP contribution in [0.5, 0.6) is 0 Å². The Hall–Kier alpha value is -2.19. The average Bonchev–Trinajstić information content (AvgIpc) is 3.05. The van der Waals surface area contributed by atoms with Gasteiger partial charge in [0, 0.05) is 6.54 Å². The van der Waals surface area contributed by atoms with Gasteiger partial charge in [-0.05, 0) is 28.5 Å². The van der Waals surface area contributed by atoms with Gasteiger partial charge in [0.2, 0.25) is 0 Å². The summed E-state index contributed by atoms with van der Waals surface area (Å²) < 4.78 is 4.74. The molecule has 2 N–H and O–H groups in total. The highest BCUT2D eigenvalue weighted by Crippen LogP contribution is 2.17. The SMILES string of the molecule is O=C(NC[C@@H](O)c1ccsc1)c1ccc([N+](=O)[O-])o1. The van der Waals surface area contributed by atoms with Crippen LogP contribution in [0.4, 0.5) is 5.88 Å². The molecule has 1 amide bonds. The van der Waals surface area contributed by atoms with Crippen molar-refractivity contribution in [1.29, 1.82) is 0 Å². The predicted octanol–water partition coefficient (Wildman–Crippen LogP) is 1.71. The van der Waals surface area contributed by atoms with E-state index in [1.165, 1.54) is 17.4 Å². The number of carbonyl (C=O) groups is 1. The van der Waals surface area contributed by atoms with E-state index in [1.54, 1.807) is 11.4 Å². The summed E-state index contributed by atoms with van der Waals surface area (Å²) >= 11 is 1.44. The summed E-state index contributed by atoms with van der Waals surface area (Å²) in [5.41, 5.74) is 0.704. The number of furan rings is 1. The van der Waals surface area contributed by atoms with Crippen LogP contribution in [0.25, 0.3) is 0 Å². The van der Waals surface area contributed by atoms with Gasteiger partial charge in [0.1, 0.15) is 4.92 Å². The Bertz CT molecular complexity index is 578. The molecule has 8 heteroatoms. The lowest BCUT2D eigenvalue weighted by atomic mass is 10.2. The van der Waals surface area contributed by atoms with E-state index in [9.17, 15) is 20.0 Å². The molecule has 0 aromatic carbocycles. The van der Waals surface area contributed by atoms with Crippen molar-refractivity contribution in [1.82, 2.24) is 5.32 Å². The van der Waals surface area contributed by atoms with Crippen molar-refractivity contribution in [2.24, 2.45) is 0 Å². The molecule has 2 rings (SSSR count). The van der Waals surface area contributed by atoms with Gasteiger partial charge in [0.25, 0.3) is 5.91 Å². The van der Waals surface area contributed by atoms with E-state index in [0.717, 1.165) is 6.07 Å².